The lowest BCUT2D eigenvalue weighted by molar-refractivity contribution is 0.601. The second kappa shape index (κ2) is 5.76. The van der Waals surface area contributed by atoms with Crippen LogP contribution in [0.15, 0.2) is 45.8 Å². The standard InChI is InChI=1S/C14H12BrN3O2S/c1-9-6-12(4-5-13(9)17)21(19,20)18-14-7-11(15)3-2-10(14)8-16/h2-7,18H,17H2,1H3. The monoisotopic (exact) mass is 365 g/mol. The van der Waals surface area contributed by atoms with Gasteiger partial charge in [-0.05, 0) is 48.9 Å². The molecule has 0 aliphatic heterocycles. The smallest absolute Gasteiger partial charge is 0.261 e. The number of hydrogen-bond acceptors (Lipinski definition) is 4. The lowest BCUT2D eigenvalue weighted by Crippen LogP contribution is -2.14. The number of benzene rings is 2. The molecule has 0 amide bonds. The Hall–Kier alpha value is -2.04. The topological polar surface area (TPSA) is 96.0 Å². The van der Waals surface area contributed by atoms with Gasteiger partial charge in [-0.3, -0.25) is 4.72 Å². The Labute approximate surface area is 131 Å². The first-order valence-corrected chi connectivity index (χ1v) is 8.20. The molecular formula is C14H12BrN3O2S. The van der Waals surface area contributed by atoms with Crippen LogP contribution in [0.1, 0.15) is 11.1 Å². The highest BCUT2D eigenvalue weighted by atomic mass is 79.9. The van der Waals surface area contributed by atoms with Crippen molar-refractivity contribution in [2.75, 3.05) is 10.5 Å². The van der Waals surface area contributed by atoms with Gasteiger partial charge in [0.1, 0.15) is 6.07 Å². The van der Waals surface area contributed by atoms with Crippen LogP contribution in [0.2, 0.25) is 0 Å². The van der Waals surface area contributed by atoms with E-state index in [0.717, 1.165) is 0 Å². The third kappa shape index (κ3) is 3.35. The molecule has 0 bridgehead atoms. The van der Waals surface area contributed by atoms with Gasteiger partial charge >= 0.3 is 0 Å². The summed E-state index contributed by atoms with van der Waals surface area (Å²) in [5.74, 6) is 0. The van der Waals surface area contributed by atoms with Crippen molar-refractivity contribution in [3.63, 3.8) is 0 Å². The highest BCUT2D eigenvalue weighted by Gasteiger charge is 2.17. The largest absolute Gasteiger partial charge is 0.399 e. The molecule has 0 aromatic heterocycles. The Kier molecular flexibility index (Phi) is 4.21. The van der Waals surface area contributed by atoms with E-state index in [1.807, 2.05) is 6.07 Å². The summed E-state index contributed by atoms with van der Waals surface area (Å²) in [4.78, 5) is 0.0954. The molecule has 0 aliphatic rings. The number of sulfonamides is 1. The zero-order chi connectivity index (χ0) is 15.6. The van der Waals surface area contributed by atoms with E-state index < -0.39 is 10.0 Å². The molecule has 3 N–H and O–H groups in total. The number of anilines is 2. The lowest BCUT2D eigenvalue weighted by Gasteiger charge is -2.11. The number of halogens is 1. The summed E-state index contributed by atoms with van der Waals surface area (Å²) in [6.45, 7) is 1.73. The molecule has 5 nitrogen and oxygen atoms in total. The molecule has 2 rings (SSSR count). The number of aryl methyl sites for hydroxylation is 1. The predicted molar refractivity (Wildman–Crippen MR) is 85.3 cm³/mol. The zero-order valence-electron chi connectivity index (χ0n) is 11.1. The molecule has 0 heterocycles. The van der Waals surface area contributed by atoms with Crippen LogP contribution in [0, 0.1) is 18.3 Å². The predicted octanol–water partition coefficient (Wildman–Crippen LogP) is 3.01. The fraction of sp³-hybridized carbons (Fsp3) is 0.0714. The average molecular weight is 366 g/mol. The average Bonchev–Trinajstić information content (AvgIpc) is 2.41. The summed E-state index contributed by atoms with van der Waals surface area (Å²) in [5.41, 5.74) is 7.35. The quantitative estimate of drug-likeness (QED) is 0.817. The minimum Gasteiger partial charge on any atom is -0.399 e. The van der Waals surface area contributed by atoms with Gasteiger partial charge in [-0.25, -0.2) is 8.42 Å². The third-order valence-electron chi connectivity index (χ3n) is 2.90. The normalized spacial score (nSPS) is 10.9. The summed E-state index contributed by atoms with van der Waals surface area (Å²) >= 11 is 3.25. The maximum atomic E-state index is 12.4. The van der Waals surface area contributed by atoms with E-state index in [4.69, 9.17) is 11.0 Å². The minimum atomic E-state index is -3.78. The number of nitriles is 1. The molecule has 2 aromatic carbocycles. The van der Waals surface area contributed by atoms with E-state index in [1.54, 1.807) is 19.1 Å². The summed E-state index contributed by atoms with van der Waals surface area (Å²) in [5, 5.41) is 9.04. The van der Waals surface area contributed by atoms with E-state index in [0.29, 0.717) is 15.7 Å². The molecule has 0 aliphatic carbocycles. The van der Waals surface area contributed by atoms with Gasteiger partial charge in [0.05, 0.1) is 16.1 Å². The number of nitrogen functional groups attached to an aromatic ring is 1. The third-order valence-corrected chi connectivity index (χ3v) is 4.75. The molecule has 108 valence electrons. The lowest BCUT2D eigenvalue weighted by atomic mass is 10.2. The second-order valence-electron chi connectivity index (χ2n) is 4.43. The van der Waals surface area contributed by atoms with Gasteiger partial charge in [0.25, 0.3) is 10.0 Å². The van der Waals surface area contributed by atoms with Gasteiger partial charge in [-0.2, -0.15) is 5.26 Å². The summed E-state index contributed by atoms with van der Waals surface area (Å²) < 4.78 is 27.8. The fourth-order valence-corrected chi connectivity index (χ4v) is 3.23. The van der Waals surface area contributed by atoms with Crippen LogP contribution in [0.5, 0.6) is 0 Å². The second-order valence-corrected chi connectivity index (χ2v) is 7.02. The van der Waals surface area contributed by atoms with Crippen molar-refractivity contribution in [3.05, 3.63) is 52.0 Å². The van der Waals surface area contributed by atoms with E-state index >= 15 is 0 Å². The minimum absolute atomic E-state index is 0.0954. The van der Waals surface area contributed by atoms with E-state index in [-0.39, 0.29) is 16.1 Å². The van der Waals surface area contributed by atoms with Crippen molar-refractivity contribution in [3.8, 4) is 6.07 Å². The molecule has 0 spiro atoms. The van der Waals surface area contributed by atoms with Crippen LogP contribution in [-0.2, 0) is 10.0 Å². The molecule has 0 radical (unpaired) electrons. The Morgan fingerprint density at radius 3 is 2.57 bits per heavy atom. The molecule has 0 atom stereocenters. The van der Waals surface area contributed by atoms with Crippen molar-refractivity contribution in [2.24, 2.45) is 0 Å². The number of nitrogens with two attached hydrogens (primary N) is 1. The van der Waals surface area contributed by atoms with Gasteiger partial charge < -0.3 is 5.73 Å². The molecule has 0 saturated heterocycles. The molecule has 0 fully saturated rings. The van der Waals surface area contributed by atoms with Gasteiger partial charge in [0.2, 0.25) is 0 Å². The van der Waals surface area contributed by atoms with Crippen LogP contribution in [0.25, 0.3) is 0 Å². The highest BCUT2D eigenvalue weighted by Crippen LogP contribution is 2.25. The van der Waals surface area contributed by atoms with E-state index in [1.165, 1.54) is 24.3 Å². The van der Waals surface area contributed by atoms with Crippen LogP contribution in [0.3, 0.4) is 0 Å². The Morgan fingerprint density at radius 1 is 1.24 bits per heavy atom. The van der Waals surface area contributed by atoms with Crippen molar-refractivity contribution in [1.29, 1.82) is 5.26 Å². The molecule has 0 saturated carbocycles. The number of hydrogen-bond donors (Lipinski definition) is 2. The maximum Gasteiger partial charge on any atom is 0.261 e. The molecule has 21 heavy (non-hydrogen) atoms. The number of nitrogens with zero attached hydrogens (tertiary/aromatic N) is 1. The van der Waals surface area contributed by atoms with Crippen molar-refractivity contribution < 1.29 is 8.42 Å². The van der Waals surface area contributed by atoms with Crippen LogP contribution >= 0.6 is 15.9 Å². The number of nitrogens with one attached hydrogen (secondary N) is 1. The summed E-state index contributed by atoms with van der Waals surface area (Å²) in [6.07, 6.45) is 0. The van der Waals surface area contributed by atoms with E-state index in [2.05, 4.69) is 20.7 Å². The summed E-state index contributed by atoms with van der Waals surface area (Å²) in [6, 6.07) is 11.2. The van der Waals surface area contributed by atoms with Crippen LogP contribution in [0.4, 0.5) is 11.4 Å². The first kappa shape index (κ1) is 15.4. The Bertz CT molecular complexity index is 842. The van der Waals surface area contributed by atoms with Gasteiger partial charge in [-0.15, -0.1) is 0 Å². The van der Waals surface area contributed by atoms with Gasteiger partial charge in [0.15, 0.2) is 0 Å². The molecule has 2 aromatic rings. The first-order valence-electron chi connectivity index (χ1n) is 5.92. The van der Waals surface area contributed by atoms with Crippen LogP contribution in [-0.4, -0.2) is 8.42 Å². The molecular weight excluding hydrogens is 354 g/mol. The van der Waals surface area contributed by atoms with Crippen molar-refractivity contribution in [2.45, 2.75) is 11.8 Å². The van der Waals surface area contributed by atoms with E-state index in [9.17, 15) is 8.42 Å². The SMILES string of the molecule is Cc1cc(S(=O)(=O)Nc2cc(Br)ccc2C#N)ccc1N. The molecule has 7 heteroatoms. The highest BCUT2D eigenvalue weighted by molar-refractivity contribution is 9.10. The first-order chi connectivity index (χ1) is 9.83. The van der Waals surface area contributed by atoms with Crippen molar-refractivity contribution in [1.82, 2.24) is 0 Å². The molecule has 0 unspecified atom stereocenters. The Balaban J connectivity index is 2.45. The fourth-order valence-electron chi connectivity index (χ4n) is 1.72. The Morgan fingerprint density at radius 2 is 1.95 bits per heavy atom. The maximum absolute atomic E-state index is 12.4. The zero-order valence-corrected chi connectivity index (χ0v) is 13.5. The number of rotatable bonds is 3. The van der Waals surface area contributed by atoms with Gasteiger partial charge in [-0.1, -0.05) is 15.9 Å². The summed E-state index contributed by atoms with van der Waals surface area (Å²) in [7, 11) is -3.78. The van der Waals surface area contributed by atoms with Gasteiger partial charge in [0, 0.05) is 10.2 Å². The van der Waals surface area contributed by atoms with Crippen molar-refractivity contribution >= 4 is 37.3 Å². The van der Waals surface area contributed by atoms with Crippen LogP contribution < -0.4 is 10.5 Å².